The Labute approximate surface area is 190 Å². The van der Waals surface area contributed by atoms with E-state index < -0.39 is 0 Å². The Bertz CT molecular complexity index is 1230. The zero-order chi connectivity index (χ0) is 22.9. The SMILES string of the molecule is CCCNC(=O)n1nc(-c2cc(NC(=O)c3ccc4c(c3)OCO4)ccc2O)cc1C1CC1. The van der Waals surface area contributed by atoms with Crippen molar-refractivity contribution in [3.63, 3.8) is 0 Å². The molecule has 0 atom stereocenters. The standard InChI is InChI=1S/C24H24N4O5/c1-2-9-25-24(31)28-19(14-3-4-14)12-18(27-28)17-11-16(6-7-20(17)29)26-23(30)15-5-8-21-22(10-15)33-13-32-21/h5-8,10-12,14,29H,2-4,9,13H2,1H3,(H,25,31)(H,26,30). The fourth-order valence-electron chi connectivity index (χ4n) is 3.73. The number of benzene rings is 2. The largest absolute Gasteiger partial charge is 0.507 e. The molecule has 3 N–H and O–H groups in total. The van der Waals surface area contributed by atoms with E-state index in [0.29, 0.717) is 40.6 Å². The lowest BCUT2D eigenvalue weighted by Crippen LogP contribution is -2.31. The van der Waals surface area contributed by atoms with E-state index in [0.717, 1.165) is 25.0 Å². The van der Waals surface area contributed by atoms with Crippen molar-refractivity contribution in [1.82, 2.24) is 15.1 Å². The Kier molecular flexibility index (Phi) is 5.37. The molecule has 170 valence electrons. The molecule has 2 aliphatic rings. The van der Waals surface area contributed by atoms with Gasteiger partial charge in [-0.1, -0.05) is 6.92 Å². The molecule has 2 aromatic carbocycles. The van der Waals surface area contributed by atoms with Crippen LogP contribution in [0.25, 0.3) is 11.3 Å². The summed E-state index contributed by atoms with van der Waals surface area (Å²) in [6.45, 7) is 2.68. The van der Waals surface area contributed by atoms with Crippen molar-refractivity contribution in [2.45, 2.75) is 32.1 Å². The summed E-state index contributed by atoms with van der Waals surface area (Å²) in [5, 5.41) is 20.6. The van der Waals surface area contributed by atoms with Crippen LogP contribution in [0.1, 0.15) is 48.2 Å². The molecule has 1 aliphatic carbocycles. The molecule has 0 saturated heterocycles. The molecule has 33 heavy (non-hydrogen) atoms. The van der Waals surface area contributed by atoms with E-state index in [1.165, 1.54) is 10.7 Å². The van der Waals surface area contributed by atoms with Crippen molar-refractivity contribution in [1.29, 1.82) is 0 Å². The number of amides is 2. The zero-order valence-corrected chi connectivity index (χ0v) is 18.1. The number of rotatable bonds is 6. The summed E-state index contributed by atoms with van der Waals surface area (Å²) in [5.74, 6) is 1.09. The van der Waals surface area contributed by atoms with E-state index in [4.69, 9.17) is 9.47 Å². The lowest BCUT2D eigenvalue weighted by Gasteiger charge is -2.09. The summed E-state index contributed by atoms with van der Waals surface area (Å²) in [5.41, 5.74) is 2.64. The molecule has 0 unspecified atom stereocenters. The molecule has 0 radical (unpaired) electrons. The third-order valence-electron chi connectivity index (χ3n) is 5.62. The lowest BCUT2D eigenvalue weighted by molar-refractivity contribution is 0.102. The van der Waals surface area contributed by atoms with Crippen molar-refractivity contribution in [2.75, 3.05) is 18.7 Å². The molecular formula is C24H24N4O5. The van der Waals surface area contributed by atoms with Crippen molar-refractivity contribution in [2.24, 2.45) is 0 Å². The molecule has 3 aromatic rings. The molecule has 9 nitrogen and oxygen atoms in total. The maximum atomic E-state index is 12.7. The Balaban J connectivity index is 1.41. The molecular weight excluding hydrogens is 424 g/mol. The van der Waals surface area contributed by atoms with Gasteiger partial charge in [-0.3, -0.25) is 4.79 Å². The van der Waals surface area contributed by atoms with Gasteiger partial charge in [0.25, 0.3) is 5.91 Å². The van der Waals surface area contributed by atoms with Crippen LogP contribution in [0.4, 0.5) is 10.5 Å². The van der Waals surface area contributed by atoms with Crippen LogP contribution in [0.2, 0.25) is 0 Å². The Morgan fingerprint density at radius 3 is 2.73 bits per heavy atom. The summed E-state index contributed by atoms with van der Waals surface area (Å²) >= 11 is 0. The first kappa shape index (κ1) is 20.9. The molecule has 5 rings (SSSR count). The predicted molar refractivity (Wildman–Crippen MR) is 121 cm³/mol. The fraction of sp³-hybridized carbons (Fsp3) is 0.292. The number of carbonyl (C=O) groups is 2. The topological polar surface area (TPSA) is 115 Å². The van der Waals surface area contributed by atoms with Crippen LogP contribution in [-0.4, -0.2) is 40.2 Å². The highest BCUT2D eigenvalue weighted by atomic mass is 16.7. The van der Waals surface area contributed by atoms with Crippen LogP contribution in [0.3, 0.4) is 0 Å². The van der Waals surface area contributed by atoms with Gasteiger partial charge >= 0.3 is 6.03 Å². The number of ether oxygens (including phenoxy) is 2. The first-order valence-electron chi connectivity index (χ1n) is 11.0. The van der Waals surface area contributed by atoms with Gasteiger partial charge in [0.1, 0.15) is 5.75 Å². The number of nitrogens with one attached hydrogen (secondary N) is 2. The third kappa shape index (κ3) is 4.21. The first-order chi connectivity index (χ1) is 16.0. The van der Waals surface area contributed by atoms with E-state index in [9.17, 15) is 14.7 Å². The number of aromatic hydroxyl groups is 1. The second-order valence-electron chi connectivity index (χ2n) is 8.13. The molecule has 0 spiro atoms. The van der Waals surface area contributed by atoms with Gasteiger partial charge in [0.15, 0.2) is 11.5 Å². The Hall–Kier alpha value is -4.01. The van der Waals surface area contributed by atoms with Gasteiger partial charge in [-0.15, -0.1) is 0 Å². The van der Waals surface area contributed by atoms with Gasteiger partial charge in [-0.05, 0) is 61.7 Å². The van der Waals surface area contributed by atoms with Crippen molar-refractivity contribution >= 4 is 17.6 Å². The molecule has 1 saturated carbocycles. The van der Waals surface area contributed by atoms with Crippen LogP contribution < -0.4 is 20.1 Å². The number of aromatic nitrogens is 2. The highest BCUT2D eigenvalue weighted by Gasteiger charge is 2.30. The van der Waals surface area contributed by atoms with Crippen LogP contribution in [0.15, 0.2) is 42.5 Å². The van der Waals surface area contributed by atoms with Crippen molar-refractivity contribution < 1.29 is 24.2 Å². The quantitative estimate of drug-likeness (QED) is 0.490. The highest BCUT2D eigenvalue weighted by molar-refractivity contribution is 6.05. The van der Waals surface area contributed by atoms with Crippen molar-refractivity contribution in [3.05, 3.63) is 53.7 Å². The van der Waals surface area contributed by atoms with Crippen LogP contribution in [0, 0.1) is 0 Å². The minimum Gasteiger partial charge on any atom is -0.507 e. The second-order valence-corrected chi connectivity index (χ2v) is 8.13. The highest BCUT2D eigenvalue weighted by Crippen LogP contribution is 2.42. The molecule has 1 aliphatic heterocycles. The van der Waals surface area contributed by atoms with E-state index in [2.05, 4.69) is 15.7 Å². The molecule has 2 amide bonds. The number of phenols is 1. The fourth-order valence-corrected chi connectivity index (χ4v) is 3.73. The van der Waals surface area contributed by atoms with E-state index in [1.807, 2.05) is 13.0 Å². The average Bonchev–Trinajstić information content (AvgIpc) is 3.39. The van der Waals surface area contributed by atoms with Gasteiger partial charge in [-0.25, -0.2) is 4.79 Å². The van der Waals surface area contributed by atoms with E-state index in [-0.39, 0.29) is 30.4 Å². The number of anilines is 1. The number of fused-ring (bicyclic) bond motifs is 1. The van der Waals surface area contributed by atoms with Crippen LogP contribution in [-0.2, 0) is 0 Å². The zero-order valence-electron chi connectivity index (χ0n) is 18.1. The van der Waals surface area contributed by atoms with Gasteiger partial charge in [-0.2, -0.15) is 9.78 Å². The summed E-state index contributed by atoms with van der Waals surface area (Å²) in [7, 11) is 0. The smallest absolute Gasteiger partial charge is 0.342 e. The Morgan fingerprint density at radius 2 is 1.94 bits per heavy atom. The monoisotopic (exact) mass is 448 g/mol. The number of hydrogen-bond acceptors (Lipinski definition) is 6. The maximum absolute atomic E-state index is 12.7. The lowest BCUT2D eigenvalue weighted by atomic mass is 10.1. The molecule has 2 heterocycles. The summed E-state index contributed by atoms with van der Waals surface area (Å²) in [6, 6.07) is 11.3. The number of phenolic OH excluding ortho intramolecular Hbond substituents is 1. The number of nitrogens with zero attached hydrogens (tertiary/aromatic N) is 2. The van der Waals surface area contributed by atoms with Crippen molar-refractivity contribution in [3.8, 4) is 28.5 Å². The molecule has 0 bridgehead atoms. The molecule has 1 aromatic heterocycles. The molecule has 1 fully saturated rings. The van der Waals surface area contributed by atoms with Gasteiger partial charge < -0.3 is 25.2 Å². The normalized spacial score (nSPS) is 14.2. The summed E-state index contributed by atoms with van der Waals surface area (Å²) in [6.07, 6.45) is 2.83. The second kappa shape index (κ2) is 8.50. The van der Waals surface area contributed by atoms with E-state index >= 15 is 0 Å². The summed E-state index contributed by atoms with van der Waals surface area (Å²) in [4.78, 5) is 25.3. The predicted octanol–water partition coefficient (Wildman–Crippen LogP) is 4.08. The van der Waals surface area contributed by atoms with Crippen LogP contribution in [0.5, 0.6) is 17.2 Å². The van der Waals surface area contributed by atoms with Gasteiger partial charge in [0.2, 0.25) is 6.79 Å². The van der Waals surface area contributed by atoms with Gasteiger partial charge in [0, 0.05) is 29.3 Å². The minimum absolute atomic E-state index is 0.0111. The minimum atomic E-state index is -0.326. The van der Waals surface area contributed by atoms with Crippen LogP contribution >= 0.6 is 0 Å². The van der Waals surface area contributed by atoms with Gasteiger partial charge in [0.05, 0.1) is 11.4 Å². The number of carbonyl (C=O) groups excluding carboxylic acids is 2. The summed E-state index contributed by atoms with van der Waals surface area (Å²) < 4.78 is 12.0. The third-order valence-corrected chi connectivity index (χ3v) is 5.62. The number of hydrogen-bond donors (Lipinski definition) is 3. The first-order valence-corrected chi connectivity index (χ1v) is 11.0. The van der Waals surface area contributed by atoms with E-state index in [1.54, 1.807) is 30.3 Å². The Morgan fingerprint density at radius 1 is 1.12 bits per heavy atom. The average molecular weight is 448 g/mol. The maximum Gasteiger partial charge on any atom is 0.342 e. The molecule has 9 heteroatoms.